The summed E-state index contributed by atoms with van der Waals surface area (Å²) >= 11 is 0. The SMILES string of the molecule is O=C1CCCc2cc(O[C@@]34CCCN(CC3)C4)ccc21. The molecule has 2 atom stereocenters. The van der Waals surface area contributed by atoms with Gasteiger partial charge < -0.3 is 4.74 Å². The van der Waals surface area contributed by atoms with E-state index in [1.165, 1.54) is 31.5 Å². The summed E-state index contributed by atoms with van der Waals surface area (Å²) in [7, 11) is 0. The van der Waals surface area contributed by atoms with Crippen LogP contribution in [0.25, 0.3) is 0 Å². The molecule has 3 aliphatic rings. The number of rotatable bonds is 2. The Morgan fingerprint density at radius 1 is 1.10 bits per heavy atom. The lowest BCUT2D eigenvalue weighted by molar-refractivity contribution is 0.0452. The smallest absolute Gasteiger partial charge is 0.163 e. The number of ether oxygens (including phenoxy) is 1. The summed E-state index contributed by atoms with van der Waals surface area (Å²) in [4.78, 5) is 14.4. The van der Waals surface area contributed by atoms with E-state index in [9.17, 15) is 4.79 Å². The van der Waals surface area contributed by atoms with E-state index in [0.717, 1.165) is 37.1 Å². The minimum absolute atomic E-state index is 0.0329. The van der Waals surface area contributed by atoms with Crippen LogP contribution in [0.1, 0.15) is 48.0 Å². The van der Waals surface area contributed by atoms with Gasteiger partial charge in [0.1, 0.15) is 11.4 Å². The van der Waals surface area contributed by atoms with Gasteiger partial charge in [-0.3, -0.25) is 9.69 Å². The molecule has 0 amide bonds. The molecule has 3 heteroatoms. The van der Waals surface area contributed by atoms with Gasteiger partial charge in [0.15, 0.2) is 5.78 Å². The van der Waals surface area contributed by atoms with Gasteiger partial charge in [0, 0.05) is 31.5 Å². The van der Waals surface area contributed by atoms with E-state index in [-0.39, 0.29) is 5.60 Å². The Kier molecular flexibility index (Phi) is 2.84. The highest BCUT2D eigenvalue weighted by Gasteiger charge is 2.42. The topological polar surface area (TPSA) is 29.5 Å². The minimum Gasteiger partial charge on any atom is -0.486 e. The number of fused-ring (bicyclic) bond motifs is 3. The summed E-state index contributed by atoms with van der Waals surface area (Å²) in [5, 5.41) is 0. The predicted octanol–water partition coefficient (Wildman–Crippen LogP) is 2.82. The summed E-state index contributed by atoms with van der Waals surface area (Å²) in [6.07, 6.45) is 6.24. The Balaban J connectivity index is 1.59. The average Bonchev–Trinajstić information content (AvgIpc) is 2.73. The summed E-state index contributed by atoms with van der Waals surface area (Å²) in [6, 6.07) is 6.07. The molecule has 20 heavy (non-hydrogen) atoms. The fourth-order valence-corrected chi connectivity index (χ4v) is 4.02. The molecule has 4 rings (SSSR count). The zero-order chi connectivity index (χ0) is 13.6. The van der Waals surface area contributed by atoms with Gasteiger partial charge in [-0.15, -0.1) is 0 Å². The third-order valence-electron chi connectivity index (χ3n) is 5.06. The standard InChI is InChI=1S/C17H21NO2/c19-16-4-1-3-13-11-14(5-6-15(13)16)20-17-7-2-9-18(12-17)10-8-17/h5-6,11H,1-4,7-10,12H2/t17-/m0/s1. The average molecular weight is 271 g/mol. The maximum Gasteiger partial charge on any atom is 0.163 e. The van der Waals surface area contributed by atoms with E-state index in [0.29, 0.717) is 12.2 Å². The quantitative estimate of drug-likeness (QED) is 0.828. The van der Waals surface area contributed by atoms with Crippen molar-refractivity contribution >= 4 is 5.78 Å². The normalized spacial score (nSPS) is 32.0. The largest absolute Gasteiger partial charge is 0.486 e. The van der Waals surface area contributed by atoms with Crippen LogP contribution in [0.3, 0.4) is 0 Å². The number of ketones is 1. The highest BCUT2D eigenvalue weighted by Crippen LogP contribution is 2.36. The van der Waals surface area contributed by atoms with Crippen LogP contribution in [0.2, 0.25) is 0 Å². The van der Waals surface area contributed by atoms with Crippen LogP contribution in [0, 0.1) is 0 Å². The van der Waals surface area contributed by atoms with Gasteiger partial charge in [-0.1, -0.05) is 0 Å². The summed E-state index contributed by atoms with van der Waals surface area (Å²) in [5.74, 6) is 1.25. The fourth-order valence-electron chi connectivity index (χ4n) is 4.02. The van der Waals surface area contributed by atoms with Crippen molar-refractivity contribution in [2.24, 2.45) is 0 Å². The molecule has 0 saturated carbocycles. The number of nitrogens with zero attached hydrogens (tertiary/aromatic N) is 1. The lowest BCUT2D eigenvalue weighted by atomic mass is 9.90. The maximum absolute atomic E-state index is 11.9. The molecule has 1 unspecified atom stereocenters. The monoisotopic (exact) mass is 271 g/mol. The second kappa shape index (κ2) is 4.59. The van der Waals surface area contributed by atoms with Crippen LogP contribution < -0.4 is 4.74 Å². The van der Waals surface area contributed by atoms with Gasteiger partial charge in [-0.05, 0) is 56.0 Å². The van der Waals surface area contributed by atoms with Gasteiger partial charge in [-0.2, -0.15) is 0 Å². The number of hydrogen-bond acceptors (Lipinski definition) is 3. The summed E-state index contributed by atoms with van der Waals surface area (Å²) in [5.41, 5.74) is 2.13. The molecular weight excluding hydrogens is 250 g/mol. The Hall–Kier alpha value is -1.35. The fraction of sp³-hybridized carbons (Fsp3) is 0.588. The molecule has 106 valence electrons. The zero-order valence-electron chi connectivity index (χ0n) is 11.9. The highest BCUT2D eigenvalue weighted by molar-refractivity contribution is 5.98. The van der Waals surface area contributed by atoms with Crippen LogP contribution in [0.4, 0.5) is 0 Å². The van der Waals surface area contributed by atoms with Gasteiger partial charge >= 0.3 is 0 Å². The molecule has 2 aliphatic heterocycles. The number of Topliss-reactive ketones (excluding diaryl/α,β-unsaturated/α-hetero) is 1. The van der Waals surface area contributed by atoms with Crippen LogP contribution >= 0.6 is 0 Å². The third-order valence-corrected chi connectivity index (χ3v) is 5.06. The van der Waals surface area contributed by atoms with E-state index in [2.05, 4.69) is 11.0 Å². The number of piperidine rings is 1. The van der Waals surface area contributed by atoms with Crippen molar-refractivity contribution in [1.29, 1.82) is 0 Å². The maximum atomic E-state index is 11.9. The van der Waals surface area contributed by atoms with Gasteiger partial charge in [0.2, 0.25) is 0 Å². The van der Waals surface area contributed by atoms with Crippen molar-refractivity contribution in [3.05, 3.63) is 29.3 Å². The molecule has 2 bridgehead atoms. The first kappa shape index (κ1) is 12.4. The van der Waals surface area contributed by atoms with Crippen molar-refractivity contribution in [2.75, 3.05) is 19.6 Å². The summed E-state index contributed by atoms with van der Waals surface area (Å²) in [6.45, 7) is 3.47. The Labute approximate surface area is 119 Å². The van der Waals surface area contributed by atoms with Crippen LogP contribution in [-0.4, -0.2) is 35.9 Å². The Bertz CT molecular complexity index is 550. The second-order valence-electron chi connectivity index (χ2n) is 6.51. The third kappa shape index (κ3) is 2.05. The van der Waals surface area contributed by atoms with Crippen molar-refractivity contribution < 1.29 is 9.53 Å². The molecular formula is C17H21NO2. The van der Waals surface area contributed by atoms with Crippen LogP contribution in [-0.2, 0) is 6.42 Å². The van der Waals surface area contributed by atoms with Crippen molar-refractivity contribution in [3.8, 4) is 5.75 Å². The van der Waals surface area contributed by atoms with Crippen molar-refractivity contribution in [2.45, 2.75) is 44.1 Å². The van der Waals surface area contributed by atoms with E-state index >= 15 is 0 Å². The number of benzene rings is 1. The second-order valence-corrected chi connectivity index (χ2v) is 6.51. The molecule has 0 spiro atoms. The number of carbonyl (C=O) groups is 1. The lowest BCUT2D eigenvalue weighted by Crippen LogP contribution is -2.43. The molecule has 3 nitrogen and oxygen atoms in total. The van der Waals surface area contributed by atoms with Crippen molar-refractivity contribution in [3.63, 3.8) is 0 Å². The minimum atomic E-state index is 0.0329. The molecule has 2 saturated heterocycles. The molecule has 1 aromatic carbocycles. The number of carbonyl (C=O) groups excluding carboxylic acids is 1. The Morgan fingerprint density at radius 3 is 3.00 bits per heavy atom. The number of aryl methyl sites for hydroxylation is 1. The van der Waals surface area contributed by atoms with Gasteiger partial charge in [0.05, 0.1) is 0 Å². The first-order valence-electron chi connectivity index (χ1n) is 7.82. The van der Waals surface area contributed by atoms with Crippen LogP contribution in [0.5, 0.6) is 5.75 Å². The van der Waals surface area contributed by atoms with Crippen molar-refractivity contribution in [1.82, 2.24) is 4.90 Å². The summed E-state index contributed by atoms with van der Waals surface area (Å²) < 4.78 is 6.38. The lowest BCUT2D eigenvalue weighted by Gasteiger charge is -2.34. The van der Waals surface area contributed by atoms with Crippen LogP contribution in [0.15, 0.2) is 18.2 Å². The highest BCUT2D eigenvalue weighted by atomic mass is 16.5. The van der Waals surface area contributed by atoms with E-state index in [1.54, 1.807) is 0 Å². The predicted molar refractivity (Wildman–Crippen MR) is 77.4 cm³/mol. The Morgan fingerprint density at radius 2 is 2.05 bits per heavy atom. The number of hydrogen-bond donors (Lipinski definition) is 0. The molecule has 2 heterocycles. The molecule has 2 fully saturated rings. The molecule has 0 aromatic heterocycles. The molecule has 0 N–H and O–H groups in total. The first-order chi connectivity index (χ1) is 9.74. The molecule has 1 aromatic rings. The zero-order valence-corrected chi connectivity index (χ0v) is 11.9. The van der Waals surface area contributed by atoms with E-state index in [4.69, 9.17) is 4.74 Å². The van der Waals surface area contributed by atoms with Gasteiger partial charge in [0.25, 0.3) is 0 Å². The van der Waals surface area contributed by atoms with E-state index in [1.807, 2.05) is 12.1 Å². The molecule has 0 radical (unpaired) electrons. The molecule has 1 aliphatic carbocycles. The first-order valence-corrected chi connectivity index (χ1v) is 7.82. The van der Waals surface area contributed by atoms with Gasteiger partial charge in [-0.25, -0.2) is 0 Å². The van der Waals surface area contributed by atoms with E-state index < -0.39 is 0 Å².